The number of nitrogens with one attached hydrogen (secondary N) is 2. The fourth-order valence-corrected chi connectivity index (χ4v) is 2.35. The molecule has 20 heavy (non-hydrogen) atoms. The van der Waals surface area contributed by atoms with Crippen LogP contribution in [0.3, 0.4) is 0 Å². The molecule has 4 heteroatoms. The average Bonchev–Trinajstić information content (AvgIpc) is 2.37. The lowest BCUT2D eigenvalue weighted by Gasteiger charge is -2.14. The molecule has 0 saturated heterocycles. The van der Waals surface area contributed by atoms with Crippen LogP contribution in [0.4, 0.5) is 11.4 Å². The van der Waals surface area contributed by atoms with Crippen LogP contribution in [0.5, 0.6) is 0 Å². The van der Waals surface area contributed by atoms with Crippen LogP contribution in [-0.4, -0.2) is 5.11 Å². The molecule has 2 nitrogen and oxygen atoms in total. The van der Waals surface area contributed by atoms with Gasteiger partial charge in [-0.15, -0.1) is 0 Å². The van der Waals surface area contributed by atoms with Gasteiger partial charge in [0.25, 0.3) is 0 Å². The Morgan fingerprint density at radius 3 is 2.30 bits per heavy atom. The van der Waals surface area contributed by atoms with Crippen molar-refractivity contribution in [3.63, 3.8) is 0 Å². The van der Waals surface area contributed by atoms with Crippen LogP contribution in [0.25, 0.3) is 0 Å². The van der Waals surface area contributed by atoms with Crippen molar-refractivity contribution in [2.24, 2.45) is 0 Å². The van der Waals surface area contributed by atoms with Crippen molar-refractivity contribution in [1.29, 1.82) is 0 Å². The summed E-state index contributed by atoms with van der Waals surface area (Å²) in [5, 5.41) is 7.63. The van der Waals surface area contributed by atoms with Gasteiger partial charge in [-0.05, 0) is 62.3 Å². The quantitative estimate of drug-likeness (QED) is 0.757. The Kier molecular flexibility index (Phi) is 4.63. The summed E-state index contributed by atoms with van der Waals surface area (Å²) in [5.74, 6) is 0. The van der Waals surface area contributed by atoms with Gasteiger partial charge in [0, 0.05) is 16.4 Å². The van der Waals surface area contributed by atoms with Crippen molar-refractivity contribution in [2.45, 2.75) is 20.8 Å². The maximum atomic E-state index is 6.00. The molecule has 2 N–H and O–H groups in total. The summed E-state index contributed by atoms with van der Waals surface area (Å²) < 4.78 is 0. The van der Waals surface area contributed by atoms with E-state index in [2.05, 4.69) is 36.6 Å². The van der Waals surface area contributed by atoms with E-state index in [0.717, 1.165) is 22.5 Å². The first-order valence-corrected chi connectivity index (χ1v) is 7.16. The number of hydrogen-bond donors (Lipinski definition) is 2. The summed E-state index contributed by atoms with van der Waals surface area (Å²) >= 11 is 11.3. The molecular weight excluding hydrogens is 288 g/mol. The Morgan fingerprint density at radius 2 is 1.60 bits per heavy atom. The fraction of sp³-hybridized carbons (Fsp3) is 0.188. The van der Waals surface area contributed by atoms with E-state index in [9.17, 15) is 0 Å². The van der Waals surface area contributed by atoms with E-state index >= 15 is 0 Å². The van der Waals surface area contributed by atoms with Crippen molar-refractivity contribution in [1.82, 2.24) is 0 Å². The molecule has 2 rings (SSSR count). The number of benzene rings is 2. The smallest absolute Gasteiger partial charge is 0.175 e. The van der Waals surface area contributed by atoms with Gasteiger partial charge in [-0.3, -0.25) is 0 Å². The monoisotopic (exact) mass is 304 g/mol. The summed E-state index contributed by atoms with van der Waals surface area (Å²) in [6, 6.07) is 11.9. The lowest BCUT2D eigenvalue weighted by Crippen LogP contribution is -2.20. The van der Waals surface area contributed by atoms with Gasteiger partial charge in [0.1, 0.15) is 0 Å². The molecule has 0 aliphatic carbocycles. The lowest BCUT2D eigenvalue weighted by atomic mass is 10.1. The van der Waals surface area contributed by atoms with Gasteiger partial charge in [0.15, 0.2) is 5.11 Å². The zero-order valence-electron chi connectivity index (χ0n) is 11.8. The predicted octanol–water partition coefficient (Wildman–Crippen LogP) is 5.07. The third-order valence-corrected chi connectivity index (χ3v) is 3.52. The van der Waals surface area contributed by atoms with Crippen LogP contribution in [0.2, 0.25) is 5.02 Å². The van der Waals surface area contributed by atoms with Crippen LogP contribution in [-0.2, 0) is 0 Å². The number of hydrogen-bond acceptors (Lipinski definition) is 1. The Morgan fingerprint density at radius 1 is 0.900 bits per heavy atom. The van der Waals surface area contributed by atoms with E-state index in [0.29, 0.717) is 10.1 Å². The van der Waals surface area contributed by atoms with E-state index in [1.54, 1.807) is 0 Å². The zero-order chi connectivity index (χ0) is 14.7. The van der Waals surface area contributed by atoms with Gasteiger partial charge in [-0.1, -0.05) is 35.4 Å². The van der Waals surface area contributed by atoms with Crippen molar-refractivity contribution in [2.75, 3.05) is 10.6 Å². The number of anilines is 2. The molecule has 0 saturated carbocycles. The Bertz CT molecular complexity index is 653. The second kappa shape index (κ2) is 6.25. The first-order valence-electron chi connectivity index (χ1n) is 6.37. The van der Waals surface area contributed by atoms with Gasteiger partial charge in [-0.25, -0.2) is 0 Å². The SMILES string of the molecule is Cc1ccc(NC(=S)Nc2cc(Cl)ccc2C)c(C)c1. The molecule has 0 aromatic heterocycles. The average molecular weight is 305 g/mol. The van der Waals surface area contributed by atoms with Gasteiger partial charge < -0.3 is 10.6 Å². The summed E-state index contributed by atoms with van der Waals surface area (Å²) in [6.45, 7) is 6.14. The first-order chi connectivity index (χ1) is 9.45. The molecule has 0 heterocycles. The van der Waals surface area contributed by atoms with Crippen LogP contribution in [0.1, 0.15) is 16.7 Å². The van der Waals surface area contributed by atoms with Gasteiger partial charge in [0.2, 0.25) is 0 Å². The van der Waals surface area contributed by atoms with Gasteiger partial charge in [-0.2, -0.15) is 0 Å². The second-order valence-corrected chi connectivity index (χ2v) is 5.70. The van der Waals surface area contributed by atoms with Crippen molar-refractivity contribution in [3.05, 3.63) is 58.1 Å². The molecule has 0 amide bonds. The van der Waals surface area contributed by atoms with Crippen LogP contribution in [0, 0.1) is 20.8 Å². The molecule has 2 aromatic rings. The molecule has 0 spiro atoms. The summed E-state index contributed by atoms with van der Waals surface area (Å²) in [7, 11) is 0. The third kappa shape index (κ3) is 3.71. The molecule has 0 aliphatic heterocycles. The molecule has 0 atom stereocenters. The summed E-state index contributed by atoms with van der Waals surface area (Å²) in [5.41, 5.74) is 5.42. The summed E-state index contributed by atoms with van der Waals surface area (Å²) in [6.07, 6.45) is 0. The Balaban J connectivity index is 2.11. The van der Waals surface area contributed by atoms with Crippen molar-refractivity contribution < 1.29 is 0 Å². The largest absolute Gasteiger partial charge is 0.332 e. The zero-order valence-corrected chi connectivity index (χ0v) is 13.3. The van der Waals surface area contributed by atoms with E-state index < -0.39 is 0 Å². The minimum absolute atomic E-state index is 0.558. The third-order valence-electron chi connectivity index (χ3n) is 3.08. The highest BCUT2D eigenvalue weighted by molar-refractivity contribution is 7.80. The highest BCUT2D eigenvalue weighted by atomic mass is 35.5. The van der Waals surface area contributed by atoms with Gasteiger partial charge >= 0.3 is 0 Å². The molecule has 0 bridgehead atoms. The lowest BCUT2D eigenvalue weighted by molar-refractivity contribution is 1.38. The van der Waals surface area contributed by atoms with Crippen LogP contribution < -0.4 is 10.6 Å². The minimum atomic E-state index is 0.558. The first kappa shape index (κ1) is 14.8. The molecule has 2 aromatic carbocycles. The highest BCUT2D eigenvalue weighted by Crippen LogP contribution is 2.21. The fourth-order valence-electron chi connectivity index (χ4n) is 1.96. The molecule has 0 aliphatic rings. The second-order valence-electron chi connectivity index (χ2n) is 4.86. The van der Waals surface area contributed by atoms with Crippen LogP contribution in [0.15, 0.2) is 36.4 Å². The van der Waals surface area contributed by atoms with E-state index in [1.807, 2.05) is 31.2 Å². The highest BCUT2D eigenvalue weighted by Gasteiger charge is 2.04. The van der Waals surface area contributed by atoms with E-state index in [4.69, 9.17) is 23.8 Å². The molecular formula is C16H17ClN2S. The normalized spacial score (nSPS) is 10.2. The Labute approximate surface area is 130 Å². The van der Waals surface area contributed by atoms with Crippen molar-refractivity contribution in [3.8, 4) is 0 Å². The van der Waals surface area contributed by atoms with Gasteiger partial charge in [0.05, 0.1) is 0 Å². The van der Waals surface area contributed by atoms with Crippen LogP contribution >= 0.6 is 23.8 Å². The molecule has 104 valence electrons. The molecule has 0 fully saturated rings. The molecule has 0 radical (unpaired) electrons. The van der Waals surface area contributed by atoms with E-state index in [1.165, 1.54) is 5.56 Å². The van der Waals surface area contributed by atoms with E-state index in [-0.39, 0.29) is 0 Å². The number of halogens is 1. The Hall–Kier alpha value is -1.58. The summed E-state index contributed by atoms with van der Waals surface area (Å²) in [4.78, 5) is 0. The minimum Gasteiger partial charge on any atom is -0.332 e. The standard InChI is InChI=1S/C16H17ClN2S/c1-10-4-7-14(12(3)8-10)18-16(20)19-15-9-13(17)6-5-11(15)2/h4-9H,1-3H3,(H2,18,19,20). The number of aryl methyl sites for hydroxylation is 3. The molecule has 0 unspecified atom stereocenters. The predicted molar refractivity (Wildman–Crippen MR) is 91.9 cm³/mol. The topological polar surface area (TPSA) is 24.1 Å². The maximum absolute atomic E-state index is 6.00. The maximum Gasteiger partial charge on any atom is 0.175 e. The number of thiocarbonyl (C=S) groups is 1. The number of rotatable bonds is 2. The van der Waals surface area contributed by atoms with Crippen molar-refractivity contribution >= 4 is 40.3 Å².